The number of aromatic carboxylic acids is 1. The highest BCUT2D eigenvalue weighted by Crippen LogP contribution is 2.34. The van der Waals surface area contributed by atoms with E-state index < -0.39 is 23.6 Å². The zero-order valence-corrected chi connectivity index (χ0v) is 11.7. The average molecular weight is 327 g/mol. The van der Waals surface area contributed by atoms with Crippen molar-refractivity contribution in [2.75, 3.05) is 5.32 Å². The summed E-state index contributed by atoms with van der Waals surface area (Å²) < 4.78 is 39.6. The molecule has 1 aromatic carbocycles. The van der Waals surface area contributed by atoms with Crippen LogP contribution in [0, 0.1) is 0 Å². The van der Waals surface area contributed by atoms with Gasteiger partial charge in [-0.05, 0) is 18.2 Å². The van der Waals surface area contributed by atoms with E-state index in [0.717, 1.165) is 16.8 Å². The topological polar surface area (TPSA) is 84.2 Å². The largest absolute Gasteiger partial charge is 0.477 e. The van der Waals surface area contributed by atoms with Crippen molar-refractivity contribution in [2.45, 2.75) is 19.1 Å². The van der Waals surface area contributed by atoms with Crippen LogP contribution in [0.25, 0.3) is 0 Å². The Kier molecular flexibility index (Phi) is 4.68. The molecule has 1 aromatic heterocycles. The molecule has 0 aliphatic rings. The number of amides is 1. The first-order valence-electron chi connectivity index (χ1n) is 6.50. The molecular weight excluding hydrogens is 315 g/mol. The van der Waals surface area contributed by atoms with Crippen LogP contribution < -0.4 is 5.32 Å². The van der Waals surface area contributed by atoms with Crippen LogP contribution in [0.3, 0.4) is 0 Å². The lowest BCUT2D eigenvalue weighted by molar-refractivity contribution is -0.137. The molecule has 0 saturated heterocycles. The number of aryl methyl sites for hydroxylation is 1. The third-order valence-corrected chi connectivity index (χ3v) is 2.99. The second-order valence-electron chi connectivity index (χ2n) is 4.59. The highest BCUT2D eigenvalue weighted by molar-refractivity contribution is 5.91. The van der Waals surface area contributed by atoms with E-state index in [1.54, 1.807) is 0 Å². The van der Waals surface area contributed by atoms with Crippen LogP contribution in [0.15, 0.2) is 36.5 Å². The quantitative estimate of drug-likeness (QED) is 0.884. The number of hydrogen-bond acceptors (Lipinski definition) is 3. The molecule has 0 aliphatic carbocycles. The predicted octanol–water partition coefficient (Wildman–Crippen LogP) is 2.63. The Morgan fingerprint density at radius 1 is 1.22 bits per heavy atom. The van der Waals surface area contributed by atoms with Gasteiger partial charge in [-0.3, -0.25) is 9.48 Å². The number of aromatic nitrogens is 2. The fraction of sp³-hybridized carbons (Fsp3) is 0.214. The zero-order chi connectivity index (χ0) is 17.0. The molecule has 0 unspecified atom stereocenters. The first kappa shape index (κ1) is 16.5. The van der Waals surface area contributed by atoms with Crippen molar-refractivity contribution in [3.63, 3.8) is 0 Å². The molecule has 2 rings (SSSR count). The number of nitrogens with zero attached hydrogens (tertiary/aromatic N) is 2. The number of carboxylic acids is 1. The zero-order valence-electron chi connectivity index (χ0n) is 11.7. The van der Waals surface area contributed by atoms with Gasteiger partial charge in [0.05, 0.1) is 17.8 Å². The summed E-state index contributed by atoms with van der Waals surface area (Å²) in [5.41, 5.74) is -1.39. The molecule has 9 heteroatoms. The predicted molar refractivity (Wildman–Crippen MR) is 73.9 cm³/mol. The van der Waals surface area contributed by atoms with Gasteiger partial charge < -0.3 is 10.4 Å². The summed E-state index contributed by atoms with van der Waals surface area (Å²) in [4.78, 5) is 22.7. The molecule has 122 valence electrons. The van der Waals surface area contributed by atoms with Crippen LogP contribution in [0.1, 0.15) is 22.5 Å². The number of benzene rings is 1. The van der Waals surface area contributed by atoms with E-state index in [1.807, 2.05) is 0 Å². The molecule has 0 fully saturated rings. The van der Waals surface area contributed by atoms with Gasteiger partial charge in [-0.15, -0.1) is 0 Å². The molecule has 0 bridgehead atoms. The van der Waals surface area contributed by atoms with Crippen LogP contribution in [-0.4, -0.2) is 26.8 Å². The SMILES string of the molecule is O=C(CCn1nccc1C(=O)O)Nc1ccccc1C(F)(F)F. The van der Waals surface area contributed by atoms with Gasteiger partial charge in [0.15, 0.2) is 0 Å². The average Bonchev–Trinajstić information content (AvgIpc) is 2.93. The maximum atomic E-state index is 12.8. The number of nitrogens with one attached hydrogen (secondary N) is 1. The van der Waals surface area contributed by atoms with Crippen LogP contribution >= 0.6 is 0 Å². The minimum Gasteiger partial charge on any atom is -0.477 e. The summed E-state index contributed by atoms with van der Waals surface area (Å²) in [5, 5.41) is 14.8. The highest BCUT2D eigenvalue weighted by Gasteiger charge is 2.33. The van der Waals surface area contributed by atoms with Gasteiger partial charge in [-0.1, -0.05) is 12.1 Å². The molecule has 0 aliphatic heterocycles. The molecule has 1 amide bonds. The minimum absolute atomic E-state index is 0.0609. The summed E-state index contributed by atoms with van der Waals surface area (Å²) in [5.74, 6) is -1.88. The Labute approximate surface area is 128 Å². The first-order chi connectivity index (χ1) is 10.8. The summed E-state index contributed by atoms with van der Waals surface area (Å²) in [6.45, 7) is -0.0609. The second-order valence-corrected chi connectivity index (χ2v) is 4.59. The maximum Gasteiger partial charge on any atom is 0.418 e. The normalized spacial score (nSPS) is 11.3. The lowest BCUT2D eigenvalue weighted by Crippen LogP contribution is -2.19. The van der Waals surface area contributed by atoms with E-state index >= 15 is 0 Å². The van der Waals surface area contributed by atoms with Crippen molar-refractivity contribution in [1.82, 2.24) is 9.78 Å². The van der Waals surface area contributed by atoms with Gasteiger partial charge in [0.1, 0.15) is 5.69 Å². The van der Waals surface area contributed by atoms with Crippen LogP contribution in [0.2, 0.25) is 0 Å². The number of halogens is 3. The number of carboxylic acid groups (broad SMARTS) is 1. The Bertz CT molecular complexity index is 725. The molecule has 0 spiro atoms. The number of carbonyl (C=O) groups excluding carboxylic acids is 1. The van der Waals surface area contributed by atoms with Crippen molar-refractivity contribution in [3.8, 4) is 0 Å². The van der Waals surface area contributed by atoms with E-state index in [0.29, 0.717) is 0 Å². The Morgan fingerprint density at radius 2 is 1.91 bits per heavy atom. The van der Waals surface area contributed by atoms with Crippen molar-refractivity contribution in [3.05, 3.63) is 47.8 Å². The molecule has 1 heterocycles. The van der Waals surface area contributed by atoms with Gasteiger partial charge in [0, 0.05) is 12.6 Å². The van der Waals surface area contributed by atoms with E-state index in [9.17, 15) is 22.8 Å². The third kappa shape index (κ3) is 4.09. The van der Waals surface area contributed by atoms with Gasteiger partial charge in [-0.2, -0.15) is 18.3 Å². The summed E-state index contributed by atoms with van der Waals surface area (Å²) in [7, 11) is 0. The van der Waals surface area contributed by atoms with Gasteiger partial charge in [0.2, 0.25) is 5.91 Å². The molecule has 6 nitrogen and oxygen atoms in total. The van der Waals surface area contributed by atoms with E-state index in [1.165, 1.54) is 24.4 Å². The molecule has 23 heavy (non-hydrogen) atoms. The van der Waals surface area contributed by atoms with E-state index in [-0.39, 0.29) is 24.3 Å². The summed E-state index contributed by atoms with van der Waals surface area (Å²) >= 11 is 0. The number of carbonyl (C=O) groups is 2. The van der Waals surface area contributed by atoms with Crippen molar-refractivity contribution in [1.29, 1.82) is 0 Å². The van der Waals surface area contributed by atoms with E-state index in [4.69, 9.17) is 5.11 Å². The molecule has 2 aromatic rings. The lowest BCUT2D eigenvalue weighted by atomic mass is 10.1. The third-order valence-electron chi connectivity index (χ3n) is 2.99. The second kappa shape index (κ2) is 6.51. The number of rotatable bonds is 5. The van der Waals surface area contributed by atoms with Crippen LogP contribution in [0.4, 0.5) is 18.9 Å². The van der Waals surface area contributed by atoms with Gasteiger partial charge in [-0.25, -0.2) is 4.79 Å². The number of alkyl halides is 3. The van der Waals surface area contributed by atoms with Crippen molar-refractivity contribution in [2.24, 2.45) is 0 Å². The number of hydrogen-bond donors (Lipinski definition) is 2. The number of anilines is 1. The Balaban J connectivity index is 2.04. The maximum absolute atomic E-state index is 12.8. The molecular formula is C14H12F3N3O3. The summed E-state index contributed by atoms with van der Waals surface area (Å²) in [6, 6.07) is 5.88. The van der Waals surface area contributed by atoms with Crippen LogP contribution in [-0.2, 0) is 17.5 Å². The molecule has 0 atom stereocenters. The lowest BCUT2D eigenvalue weighted by Gasteiger charge is -2.13. The smallest absolute Gasteiger partial charge is 0.418 e. The first-order valence-corrected chi connectivity index (χ1v) is 6.50. The molecule has 0 radical (unpaired) electrons. The van der Waals surface area contributed by atoms with Crippen molar-refractivity contribution < 1.29 is 27.9 Å². The van der Waals surface area contributed by atoms with Crippen LogP contribution in [0.5, 0.6) is 0 Å². The summed E-state index contributed by atoms with van der Waals surface area (Å²) in [6.07, 6.45) is -3.53. The van der Waals surface area contributed by atoms with Gasteiger partial charge >= 0.3 is 12.1 Å². The van der Waals surface area contributed by atoms with Crippen molar-refractivity contribution >= 4 is 17.6 Å². The Hall–Kier alpha value is -2.84. The minimum atomic E-state index is -4.58. The highest BCUT2D eigenvalue weighted by atomic mass is 19.4. The van der Waals surface area contributed by atoms with Gasteiger partial charge in [0.25, 0.3) is 0 Å². The monoisotopic (exact) mass is 327 g/mol. The fourth-order valence-electron chi connectivity index (χ4n) is 1.95. The number of para-hydroxylation sites is 1. The Morgan fingerprint density at radius 3 is 2.57 bits per heavy atom. The molecule has 2 N–H and O–H groups in total. The van der Waals surface area contributed by atoms with E-state index in [2.05, 4.69) is 10.4 Å². The standard InChI is InChI=1S/C14H12F3N3O3/c15-14(16,17)9-3-1-2-4-10(9)19-12(21)6-8-20-11(13(22)23)5-7-18-20/h1-5,7H,6,8H2,(H,19,21)(H,22,23). The molecule has 0 saturated carbocycles. The fourth-order valence-corrected chi connectivity index (χ4v) is 1.95.